The Hall–Kier alpha value is -3.79. The summed E-state index contributed by atoms with van der Waals surface area (Å²) in [6.45, 7) is 0. The molecule has 0 unspecified atom stereocenters. The Labute approximate surface area is 350 Å². The fraction of sp³-hybridized carbons (Fsp3) is 0.538. The van der Waals surface area contributed by atoms with Crippen LogP contribution in [0.3, 0.4) is 0 Å². The molecule has 12 nitrogen and oxygen atoms in total. The van der Waals surface area contributed by atoms with E-state index in [2.05, 4.69) is 0 Å². The lowest BCUT2D eigenvalue weighted by Crippen LogP contribution is -2.75. The number of halogens is 6. The topological polar surface area (TPSA) is 146 Å². The molecule has 11 atom stereocenters. The summed E-state index contributed by atoms with van der Waals surface area (Å²) in [5.74, 6) is -8.57. The quantitative estimate of drug-likeness (QED) is 0.182. The van der Waals surface area contributed by atoms with E-state index >= 15 is 9.59 Å². The highest BCUT2D eigenvalue weighted by atomic mass is 33.1. The number of alkyl halides is 6. The average molecular weight is 903 g/mol. The molecule has 4 saturated heterocycles. The van der Waals surface area contributed by atoms with Gasteiger partial charge in [0.15, 0.2) is 9.74 Å². The minimum atomic E-state index is -5.35. The van der Waals surface area contributed by atoms with Crippen LogP contribution < -0.4 is 0 Å². The van der Waals surface area contributed by atoms with Gasteiger partial charge in [0.2, 0.25) is 0 Å². The molecule has 6 fully saturated rings. The second-order valence-corrected chi connectivity index (χ2v) is 19.2. The summed E-state index contributed by atoms with van der Waals surface area (Å²) in [4.78, 5) is 84.5. The molecule has 21 heteroatoms. The summed E-state index contributed by atoms with van der Waals surface area (Å²) in [5.41, 5.74) is -8.39. The molecule has 2 amide bonds. The van der Waals surface area contributed by atoms with E-state index in [-0.39, 0.29) is 32.1 Å². The number of thioether (sulfide) groups is 1. The van der Waals surface area contributed by atoms with Crippen molar-refractivity contribution in [2.45, 2.75) is 94.9 Å². The van der Waals surface area contributed by atoms with Crippen LogP contribution in [0.15, 0.2) is 60.7 Å². The predicted molar refractivity (Wildman–Crippen MR) is 201 cm³/mol. The number of Topliss-reactive ketones (excluding diaryl/α,β-unsaturated/α-hetero) is 2. The molecule has 322 valence electrons. The van der Waals surface area contributed by atoms with E-state index in [1.807, 2.05) is 0 Å². The van der Waals surface area contributed by atoms with Crippen LogP contribution in [-0.4, -0.2) is 117 Å². The summed E-state index contributed by atoms with van der Waals surface area (Å²) < 4.78 is 111. The molecule has 4 heterocycles. The highest BCUT2D eigenvalue weighted by Crippen LogP contribution is 2.66. The zero-order valence-electron chi connectivity index (χ0n) is 31.8. The molecule has 0 aromatic heterocycles. The molecule has 2 aromatic rings. The van der Waals surface area contributed by atoms with Crippen LogP contribution >= 0.6 is 33.3 Å². The molecule has 6 aliphatic rings. The first-order valence-corrected chi connectivity index (χ1v) is 22.1. The van der Waals surface area contributed by atoms with Crippen LogP contribution in [0.25, 0.3) is 0 Å². The third-order valence-electron chi connectivity index (χ3n) is 12.8. The summed E-state index contributed by atoms with van der Waals surface area (Å²) in [5, 5.41) is -1.03. The number of benzene rings is 2. The van der Waals surface area contributed by atoms with Gasteiger partial charge in [0.1, 0.15) is 23.8 Å². The molecular weight excluding hydrogens is 867 g/mol. The van der Waals surface area contributed by atoms with E-state index in [1.165, 1.54) is 42.7 Å². The third-order valence-corrected chi connectivity index (χ3v) is 17.4. The predicted octanol–water partition coefficient (Wildman–Crippen LogP) is 5.32. The number of carbonyl (C=O) groups excluding carboxylic acids is 6. The van der Waals surface area contributed by atoms with Gasteiger partial charge < -0.3 is 28.7 Å². The summed E-state index contributed by atoms with van der Waals surface area (Å²) >= 11 is 0.850. The van der Waals surface area contributed by atoms with Crippen LogP contribution in [0.1, 0.15) is 43.2 Å². The number of ether oxygens (including phenoxy) is 4. The van der Waals surface area contributed by atoms with Gasteiger partial charge in [0.25, 0.3) is 23.0 Å². The van der Waals surface area contributed by atoms with Gasteiger partial charge in [-0.05, 0) is 12.7 Å². The Morgan fingerprint density at radius 2 is 1.27 bits per heavy atom. The molecular formula is C39H36F6N2O10S3. The van der Waals surface area contributed by atoms with Crippen molar-refractivity contribution >= 4 is 68.7 Å². The molecule has 0 spiro atoms. The molecule has 0 radical (unpaired) electrons. The Balaban J connectivity index is 1.19. The lowest BCUT2D eigenvalue weighted by atomic mass is 9.80. The minimum Gasteiger partial charge on any atom is -0.457 e. The second kappa shape index (κ2) is 14.7. The Morgan fingerprint density at radius 3 is 1.78 bits per heavy atom. The molecule has 4 aliphatic heterocycles. The number of methoxy groups -OCH3 is 2. The Kier molecular flexibility index (Phi) is 10.5. The van der Waals surface area contributed by atoms with Crippen molar-refractivity contribution in [1.29, 1.82) is 0 Å². The van der Waals surface area contributed by atoms with Crippen molar-refractivity contribution in [3.63, 3.8) is 0 Å². The molecule has 60 heavy (non-hydrogen) atoms. The van der Waals surface area contributed by atoms with Gasteiger partial charge in [0, 0.05) is 62.9 Å². The van der Waals surface area contributed by atoms with Gasteiger partial charge in [-0.25, -0.2) is 9.59 Å². The molecule has 2 aliphatic carbocycles. The van der Waals surface area contributed by atoms with Gasteiger partial charge in [-0.1, -0.05) is 82.3 Å². The Morgan fingerprint density at radius 1 is 0.733 bits per heavy atom. The van der Waals surface area contributed by atoms with Crippen molar-refractivity contribution in [3.05, 3.63) is 71.8 Å². The van der Waals surface area contributed by atoms with Gasteiger partial charge >= 0.3 is 24.3 Å². The molecule has 2 saturated carbocycles. The smallest absolute Gasteiger partial charge is 0.432 e. The number of hydrogen-bond donors (Lipinski definition) is 0. The first kappa shape index (κ1) is 42.9. The standard InChI is InChI=1S/C39H36F6N2O10S3/c1-54-36(38(40,41)42,19-10-6-4-7-11-19)32(52)56-25-15-14-23(48)21-17-34(58-3)30(50)47-28-22-18-35(47,31(51)46(34)27(21)25)60-59-26(16-24(22)49)29(28)57-33(53)37(55-2,39(43,44)45)20-12-8-5-9-13-20/h4-13,21-22,25-29H,14-18H2,1-3H3/t21-,22-,25-,26+,27-,28-,29-,34+,35+,36-,37-/m0/s1. The lowest BCUT2D eigenvalue weighted by molar-refractivity contribution is -0.280. The number of ketones is 2. The number of hydrogen-bond acceptors (Lipinski definition) is 13. The number of rotatable bonds is 9. The fourth-order valence-corrected chi connectivity index (χ4v) is 14.7. The van der Waals surface area contributed by atoms with E-state index < -0.39 is 121 Å². The SMILES string of the molecule is CO[C@](C(=O)O[C@@H]1[C@@H]2[C@H]3C[C@@]4(SS[C@@H]1CC3=O)C(=O)N1[C@@H]3[C@@H](OC(=O)[C@@](OC)(c5ccccc5)C(F)(F)F)CCC(=O)[C@@H]3C[C@@]1(SC)C(=O)N24)(c1ccccc1)C(F)(F)F. The second-order valence-electron chi connectivity index (χ2n) is 15.4. The van der Waals surface area contributed by atoms with E-state index in [1.54, 1.807) is 0 Å². The van der Waals surface area contributed by atoms with Gasteiger partial charge in [-0.15, -0.1) is 11.8 Å². The molecule has 3 bridgehead atoms. The maximum atomic E-state index is 15.4. The van der Waals surface area contributed by atoms with Gasteiger partial charge in [0.05, 0.1) is 17.3 Å². The van der Waals surface area contributed by atoms with E-state index in [0.717, 1.165) is 67.4 Å². The number of fused-ring (bicyclic) bond motifs is 4. The van der Waals surface area contributed by atoms with Crippen molar-refractivity contribution < 1.29 is 74.1 Å². The van der Waals surface area contributed by atoms with Crippen LogP contribution in [0.4, 0.5) is 26.3 Å². The summed E-state index contributed by atoms with van der Waals surface area (Å²) in [6, 6.07) is 9.30. The van der Waals surface area contributed by atoms with Crippen LogP contribution in [0.5, 0.6) is 0 Å². The zero-order chi connectivity index (χ0) is 43.4. The average Bonchev–Trinajstić information content (AvgIpc) is 3.73. The number of piperazine rings is 1. The number of esters is 2. The van der Waals surface area contributed by atoms with E-state index in [0.29, 0.717) is 14.2 Å². The van der Waals surface area contributed by atoms with Gasteiger partial charge in [-0.3, -0.25) is 19.2 Å². The number of nitrogens with zero attached hydrogens (tertiary/aromatic N) is 2. The van der Waals surface area contributed by atoms with E-state index in [4.69, 9.17) is 18.9 Å². The van der Waals surface area contributed by atoms with E-state index in [9.17, 15) is 45.5 Å². The molecule has 0 N–H and O–H groups in total. The Bertz CT molecular complexity index is 2140. The minimum absolute atomic E-state index is 0.267. The van der Waals surface area contributed by atoms with Crippen molar-refractivity contribution in [3.8, 4) is 0 Å². The van der Waals surface area contributed by atoms with Crippen molar-refractivity contribution in [2.75, 3.05) is 20.5 Å². The summed E-state index contributed by atoms with van der Waals surface area (Å²) in [7, 11) is 3.15. The largest absolute Gasteiger partial charge is 0.457 e. The number of carbonyl (C=O) groups is 6. The lowest BCUT2D eigenvalue weighted by Gasteiger charge is -2.54. The molecule has 8 rings (SSSR count). The highest BCUT2D eigenvalue weighted by Gasteiger charge is 2.79. The van der Waals surface area contributed by atoms with Gasteiger partial charge in [-0.2, -0.15) is 26.3 Å². The summed E-state index contributed by atoms with van der Waals surface area (Å²) in [6.07, 6.45) is -13.9. The first-order valence-electron chi connectivity index (χ1n) is 18.7. The van der Waals surface area contributed by atoms with Crippen molar-refractivity contribution in [2.24, 2.45) is 11.8 Å². The molecule has 2 aromatic carbocycles. The van der Waals surface area contributed by atoms with Crippen LogP contribution in [-0.2, 0) is 58.9 Å². The zero-order valence-corrected chi connectivity index (χ0v) is 34.3. The monoisotopic (exact) mass is 902 g/mol. The van der Waals surface area contributed by atoms with Crippen LogP contribution in [0.2, 0.25) is 0 Å². The highest BCUT2D eigenvalue weighted by molar-refractivity contribution is 8.77. The third kappa shape index (κ3) is 5.69. The fourth-order valence-electron chi connectivity index (χ4n) is 10.1. The maximum Gasteiger partial charge on any atom is 0.432 e. The number of amides is 2. The maximum absolute atomic E-state index is 15.4. The van der Waals surface area contributed by atoms with Crippen LogP contribution in [0, 0.1) is 11.8 Å². The van der Waals surface area contributed by atoms with Crippen molar-refractivity contribution in [1.82, 2.24) is 9.80 Å². The first-order chi connectivity index (χ1) is 28.3. The normalized spacial score (nSPS) is 34.2.